The van der Waals surface area contributed by atoms with Gasteiger partial charge in [-0.1, -0.05) is 26.0 Å². The fraction of sp³-hybridized carbons (Fsp3) is 0.588. The average molecular weight is 329 g/mol. The highest BCUT2D eigenvalue weighted by Gasteiger charge is 2.20. The molecule has 1 amide bonds. The zero-order valence-corrected chi connectivity index (χ0v) is 14.7. The Bertz CT molecular complexity index is 431. The van der Waals surface area contributed by atoms with Crippen LogP contribution >= 0.6 is 12.4 Å². The Labute approximate surface area is 140 Å². The molecule has 0 heterocycles. The Balaban J connectivity index is 0.00000441. The van der Waals surface area contributed by atoms with E-state index in [4.69, 9.17) is 10.5 Å². The lowest BCUT2D eigenvalue weighted by atomic mass is 9.94. The molecule has 0 atom stereocenters. The highest BCUT2D eigenvalue weighted by atomic mass is 35.5. The van der Waals surface area contributed by atoms with Gasteiger partial charge in [0.05, 0.1) is 6.61 Å². The van der Waals surface area contributed by atoms with Crippen molar-refractivity contribution in [2.75, 3.05) is 13.2 Å². The number of benzene rings is 1. The van der Waals surface area contributed by atoms with Crippen LogP contribution in [0.5, 0.6) is 5.75 Å². The van der Waals surface area contributed by atoms with Crippen LogP contribution in [0.2, 0.25) is 0 Å². The minimum absolute atomic E-state index is 0. The van der Waals surface area contributed by atoms with Crippen molar-refractivity contribution in [1.29, 1.82) is 0 Å². The maximum absolute atomic E-state index is 11.9. The third-order valence-corrected chi connectivity index (χ3v) is 3.92. The number of carbonyl (C=O) groups excluding carboxylic acids is 1. The van der Waals surface area contributed by atoms with Gasteiger partial charge in [-0.2, -0.15) is 0 Å². The largest absolute Gasteiger partial charge is 0.494 e. The van der Waals surface area contributed by atoms with Crippen LogP contribution in [0.4, 0.5) is 0 Å². The molecule has 1 rings (SSSR count). The summed E-state index contributed by atoms with van der Waals surface area (Å²) in [5.41, 5.74) is 7.02. The van der Waals surface area contributed by atoms with Crippen molar-refractivity contribution in [1.82, 2.24) is 5.32 Å². The van der Waals surface area contributed by atoms with Gasteiger partial charge in [0.1, 0.15) is 5.75 Å². The van der Waals surface area contributed by atoms with Gasteiger partial charge in [0.25, 0.3) is 0 Å². The van der Waals surface area contributed by atoms with Gasteiger partial charge in [-0.25, -0.2) is 0 Å². The van der Waals surface area contributed by atoms with Gasteiger partial charge >= 0.3 is 0 Å². The normalized spacial score (nSPS) is 10.7. The summed E-state index contributed by atoms with van der Waals surface area (Å²) in [4.78, 5) is 11.9. The lowest BCUT2D eigenvalue weighted by Crippen LogP contribution is -2.49. The fourth-order valence-electron chi connectivity index (χ4n) is 2.04. The molecule has 0 saturated carbocycles. The van der Waals surface area contributed by atoms with E-state index in [1.54, 1.807) is 0 Å². The summed E-state index contributed by atoms with van der Waals surface area (Å²) in [5, 5.41) is 2.94. The van der Waals surface area contributed by atoms with E-state index in [2.05, 4.69) is 19.2 Å². The topological polar surface area (TPSA) is 64.3 Å². The minimum atomic E-state index is -0.283. The SMILES string of the molecule is CCOc1ccc(CCC(=O)NCC(N)(CC)CC)cc1.Cl. The molecule has 5 heteroatoms. The predicted molar refractivity (Wildman–Crippen MR) is 93.7 cm³/mol. The quantitative estimate of drug-likeness (QED) is 0.732. The number of ether oxygens (including phenoxy) is 1. The molecule has 0 aliphatic carbocycles. The summed E-state index contributed by atoms with van der Waals surface area (Å²) >= 11 is 0. The van der Waals surface area contributed by atoms with Crippen LogP contribution in [0, 0.1) is 0 Å². The lowest BCUT2D eigenvalue weighted by Gasteiger charge is -2.26. The number of carbonyl (C=O) groups is 1. The first-order chi connectivity index (χ1) is 10.0. The smallest absolute Gasteiger partial charge is 0.220 e. The van der Waals surface area contributed by atoms with Gasteiger partial charge in [-0.15, -0.1) is 12.4 Å². The molecular weight excluding hydrogens is 300 g/mol. The molecule has 3 N–H and O–H groups in total. The summed E-state index contributed by atoms with van der Waals surface area (Å²) in [6.07, 6.45) is 2.94. The number of nitrogens with one attached hydrogen (secondary N) is 1. The van der Waals surface area contributed by atoms with E-state index in [0.29, 0.717) is 19.6 Å². The van der Waals surface area contributed by atoms with Crippen LogP contribution in [0.1, 0.15) is 45.6 Å². The van der Waals surface area contributed by atoms with Crippen LogP contribution < -0.4 is 15.8 Å². The second-order valence-corrected chi connectivity index (χ2v) is 5.42. The fourth-order valence-corrected chi connectivity index (χ4v) is 2.04. The molecule has 0 aromatic heterocycles. The molecule has 0 spiro atoms. The number of amides is 1. The van der Waals surface area contributed by atoms with Gasteiger partial charge in [0.15, 0.2) is 0 Å². The summed E-state index contributed by atoms with van der Waals surface area (Å²) in [6.45, 7) is 7.27. The summed E-state index contributed by atoms with van der Waals surface area (Å²) in [6, 6.07) is 7.89. The number of rotatable bonds is 9. The molecule has 1 aromatic carbocycles. The molecule has 0 fully saturated rings. The average Bonchev–Trinajstić information content (AvgIpc) is 2.52. The summed E-state index contributed by atoms with van der Waals surface area (Å²) in [7, 11) is 0. The second-order valence-electron chi connectivity index (χ2n) is 5.42. The van der Waals surface area contributed by atoms with E-state index in [0.717, 1.165) is 30.6 Å². The van der Waals surface area contributed by atoms with Gasteiger partial charge in [0, 0.05) is 18.5 Å². The standard InChI is InChI=1S/C17H28N2O2.ClH/c1-4-17(18,5-2)13-19-16(20)12-9-14-7-10-15(11-8-14)21-6-3;/h7-8,10-11H,4-6,9,12-13,18H2,1-3H3,(H,19,20);1H. The van der Waals surface area contributed by atoms with Gasteiger partial charge in [-0.3, -0.25) is 4.79 Å². The van der Waals surface area contributed by atoms with Crippen molar-refractivity contribution in [2.45, 2.75) is 52.0 Å². The van der Waals surface area contributed by atoms with Crippen LogP contribution in [-0.2, 0) is 11.2 Å². The Morgan fingerprint density at radius 1 is 1.18 bits per heavy atom. The molecule has 0 bridgehead atoms. The molecule has 126 valence electrons. The van der Waals surface area contributed by atoms with Crippen LogP contribution in [0.25, 0.3) is 0 Å². The van der Waals surface area contributed by atoms with E-state index in [1.165, 1.54) is 0 Å². The minimum Gasteiger partial charge on any atom is -0.494 e. The highest BCUT2D eigenvalue weighted by molar-refractivity contribution is 5.85. The van der Waals surface area contributed by atoms with Crippen LogP contribution in [0.15, 0.2) is 24.3 Å². The van der Waals surface area contributed by atoms with Crippen molar-refractivity contribution in [3.63, 3.8) is 0 Å². The molecule has 0 unspecified atom stereocenters. The number of halogens is 1. The van der Waals surface area contributed by atoms with E-state index < -0.39 is 0 Å². The molecule has 0 saturated heterocycles. The number of aryl methyl sites for hydroxylation is 1. The number of nitrogens with two attached hydrogens (primary N) is 1. The second kappa shape index (κ2) is 10.5. The predicted octanol–water partition coefficient (Wildman–Crippen LogP) is 3.07. The van der Waals surface area contributed by atoms with E-state index in [9.17, 15) is 4.79 Å². The summed E-state index contributed by atoms with van der Waals surface area (Å²) in [5.74, 6) is 0.921. The van der Waals surface area contributed by atoms with Crippen molar-refractivity contribution in [3.05, 3.63) is 29.8 Å². The third kappa shape index (κ3) is 7.14. The molecular formula is C17H29ClN2O2. The van der Waals surface area contributed by atoms with Crippen molar-refractivity contribution in [2.24, 2.45) is 5.73 Å². The zero-order chi connectivity index (χ0) is 15.7. The van der Waals surface area contributed by atoms with Gasteiger partial charge in [0.2, 0.25) is 5.91 Å². The highest BCUT2D eigenvalue weighted by Crippen LogP contribution is 2.13. The Morgan fingerprint density at radius 2 is 1.77 bits per heavy atom. The van der Waals surface area contributed by atoms with E-state index in [1.807, 2.05) is 31.2 Å². The molecule has 0 aliphatic rings. The van der Waals surface area contributed by atoms with Crippen LogP contribution in [-0.4, -0.2) is 24.6 Å². The summed E-state index contributed by atoms with van der Waals surface area (Å²) < 4.78 is 5.39. The molecule has 22 heavy (non-hydrogen) atoms. The monoisotopic (exact) mass is 328 g/mol. The Hall–Kier alpha value is -1.26. The molecule has 4 nitrogen and oxygen atoms in total. The first-order valence-corrected chi connectivity index (χ1v) is 7.80. The van der Waals surface area contributed by atoms with E-state index in [-0.39, 0.29) is 23.9 Å². The lowest BCUT2D eigenvalue weighted by molar-refractivity contribution is -0.121. The molecule has 0 radical (unpaired) electrons. The number of hydrogen-bond donors (Lipinski definition) is 2. The Morgan fingerprint density at radius 3 is 2.27 bits per heavy atom. The van der Waals surface area contributed by atoms with E-state index >= 15 is 0 Å². The number of hydrogen-bond acceptors (Lipinski definition) is 3. The van der Waals surface area contributed by atoms with Crippen LogP contribution in [0.3, 0.4) is 0 Å². The van der Waals surface area contributed by atoms with Crippen molar-refractivity contribution >= 4 is 18.3 Å². The molecule has 1 aromatic rings. The molecule has 0 aliphatic heterocycles. The first kappa shape index (κ1) is 20.7. The zero-order valence-electron chi connectivity index (χ0n) is 13.9. The van der Waals surface area contributed by atoms with Crippen molar-refractivity contribution < 1.29 is 9.53 Å². The maximum Gasteiger partial charge on any atom is 0.220 e. The van der Waals surface area contributed by atoms with Gasteiger partial charge in [-0.05, 0) is 43.9 Å². The maximum atomic E-state index is 11.9. The van der Waals surface area contributed by atoms with Crippen molar-refractivity contribution in [3.8, 4) is 5.75 Å². The third-order valence-electron chi connectivity index (χ3n) is 3.92. The Kier molecular flexibility index (Phi) is 9.86. The van der Waals surface area contributed by atoms with Gasteiger partial charge < -0.3 is 15.8 Å². The first-order valence-electron chi connectivity index (χ1n) is 7.80.